The molecule has 4 nitrogen and oxygen atoms in total. The van der Waals surface area contributed by atoms with E-state index < -0.39 is 0 Å². The second-order valence-corrected chi connectivity index (χ2v) is 6.14. The summed E-state index contributed by atoms with van der Waals surface area (Å²) in [5.41, 5.74) is 0. The average Bonchev–Trinajstić information content (AvgIpc) is 2.85. The van der Waals surface area contributed by atoms with Crippen molar-refractivity contribution in [2.24, 2.45) is 5.92 Å². The zero-order valence-corrected chi connectivity index (χ0v) is 12.2. The predicted molar refractivity (Wildman–Crippen MR) is 77.4 cm³/mol. The second kappa shape index (κ2) is 6.00. The number of carbonyl (C=O) groups is 1. The third-order valence-electron chi connectivity index (χ3n) is 4.41. The molecule has 1 N–H and O–H groups in total. The largest absolute Gasteiger partial charge is 0.464 e. The van der Waals surface area contributed by atoms with Gasteiger partial charge in [0.05, 0.1) is 6.54 Å². The van der Waals surface area contributed by atoms with Crippen molar-refractivity contribution < 1.29 is 9.21 Å². The maximum atomic E-state index is 11.4. The molecule has 0 radical (unpaired) electrons. The minimum Gasteiger partial charge on any atom is -0.464 e. The summed E-state index contributed by atoms with van der Waals surface area (Å²) in [6.07, 6.45) is 4.05. The number of furan rings is 1. The van der Waals surface area contributed by atoms with Crippen molar-refractivity contribution in [2.45, 2.75) is 45.1 Å². The lowest BCUT2D eigenvalue weighted by molar-refractivity contribution is -0.127. The number of amides is 1. The quantitative estimate of drug-likeness (QED) is 0.778. The van der Waals surface area contributed by atoms with Crippen LogP contribution in [0.15, 0.2) is 16.5 Å². The molecule has 1 aromatic heterocycles. The summed E-state index contributed by atoms with van der Waals surface area (Å²) in [5, 5.41) is 3.39. The van der Waals surface area contributed by atoms with Gasteiger partial charge in [0.2, 0.25) is 5.91 Å². The first-order valence-corrected chi connectivity index (χ1v) is 7.81. The Morgan fingerprint density at radius 2 is 2.30 bits per heavy atom. The van der Waals surface area contributed by atoms with Gasteiger partial charge in [-0.05, 0) is 43.9 Å². The molecule has 1 aliphatic carbocycles. The maximum absolute atomic E-state index is 11.4. The van der Waals surface area contributed by atoms with Gasteiger partial charge in [-0.15, -0.1) is 0 Å². The standard InChI is InChI=1S/C16H24N2O2/c1-12-10-14(12)15-6-5-13(20-15)11-17-7-3-9-18-8-2-4-16(18)19/h5-6,12,14,17H,2-4,7-11H2,1H3. The van der Waals surface area contributed by atoms with Crippen molar-refractivity contribution in [3.63, 3.8) is 0 Å². The Hall–Kier alpha value is -1.29. The Labute approximate surface area is 120 Å². The summed E-state index contributed by atoms with van der Waals surface area (Å²) in [6, 6.07) is 4.20. The molecule has 20 heavy (non-hydrogen) atoms. The highest BCUT2D eigenvalue weighted by molar-refractivity contribution is 5.77. The van der Waals surface area contributed by atoms with E-state index in [9.17, 15) is 4.79 Å². The van der Waals surface area contributed by atoms with Crippen molar-refractivity contribution >= 4 is 5.91 Å². The molecule has 3 rings (SSSR count). The van der Waals surface area contributed by atoms with Crippen LogP contribution in [0.5, 0.6) is 0 Å². The minimum absolute atomic E-state index is 0.319. The van der Waals surface area contributed by atoms with E-state index in [2.05, 4.69) is 24.4 Å². The van der Waals surface area contributed by atoms with Crippen LogP contribution in [0.4, 0.5) is 0 Å². The van der Waals surface area contributed by atoms with Crippen LogP contribution in [0.1, 0.15) is 50.0 Å². The Morgan fingerprint density at radius 1 is 1.45 bits per heavy atom. The topological polar surface area (TPSA) is 45.5 Å². The summed E-state index contributed by atoms with van der Waals surface area (Å²) in [5.74, 6) is 3.94. The van der Waals surface area contributed by atoms with Crippen LogP contribution in [0.3, 0.4) is 0 Å². The van der Waals surface area contributed by atoms with Crippen molar-refractivity contribution in [1.82, 2.24) is 10.2 Å². The monoisotopic (exact) mass is 276 g/mol. The molecule has 2 heterocycles. The molecule has 1 aromatic rings. The van der Waals surface area contributed by atoms with Gasteiger partial charge in [-0.25, -0.2) is 0 Å². The average molecular weight is 276 g/mol. The molecule has 2 fully saturated rings. The molecular weight excluding hydrogens is 252 g/mol. The van der Waals surface area contributed by atoms with Gasteiger partial charge in [0.15, 0.2) is 0 Å². The van der Waals surface area contributed by atoms with E-state index >= 15 is 0 Å². The van der Waals surface area contributed by atoms with Crippen molar-refractivity contribution in [3.05, 3.63) is 23.7 Å². The van der Waals surface area contributed by atoms with Crippen molar-refractivity contribution in [2.75, 3.05) is 19.6 Å². The number of likely N-dealkylation sites (tertiary alicyclic amines) is 1. The molecule has 1 saturated carbocycles. The highest BCUT2D eigenvalue weighted by Crippen LogP contribution is 2.47. The molecule has 0 aromatic carbocycles. The lowest BCUT2D eigenvalue weighted by Gasteiger charge is -2.14. The van der Waals surface area contributed by atoms with Gasteiger partial charge >= 0.3 is 0 Å². The number of nitrogens with zero attached hydrogens (tertiary/aromatic N) is 1. The minimum atomic E-state index is 0.319. The van der Waals surface area contributed by atoms with Gasteiger partial charge < -0.3 is 14.6 Å². The number of hydrogen-bond acceptors (Lipinski definition) is 3. The Bertz CT molecular complexity index is 469. The van der Waals surface area contributed by atoms with Crippen LogP contribution >= 0.6 is 0 Å². The summed E-state index contributed by atoms with van der Waals surface area (Å²) < 4.78 is 5.85. The van der Waals surface area contributed by atoms with Gasteiger partial charge in [-0.1, -0.05) is 6.92 Å². The van der Waals surface area contributed by atoms with Crippen molar-refractivity contribution in [3.8, 4) is 0 Å². The van der Waals surface area contributed by atoms with E-state index in [-0.39, 0.29) is 0 Å². The first-order chi connectivity index (χ1) is 9.74. The lowest BCUT2D eigenvalue weighted by Crippen LogP contribution is -2.28. The molecule has 2 aliphatic rings. The summed E-state index contributed by atoms with van der Waals surface area (Å²) in [7, 11) is 0. The third kappa shape index (κ3) is 3.23. The SMILES string of the molecule is CC1CC1c1ccc(CNCCCN2CCCC2=O)o1. The summed E-state index contributed by atoms with van der Waals surface area (Å²) in [4.78, 5) is 13.4. The van der Waals surface area contributed by atoms with Gasteiger partial charge in [0, 0.05) is 25.4 Å². The van der Waals surface area contributed by atoms with Crippen LogP contribution < -0.4 is 5.32 Å². The second-order valence-electron chi connectivity index (χ2n) is 6.14. The molecule has 0 bridgehead atoms. The summed E-state index contributed by atoms with van der Waals surface area (Å²) >= 11 is 0. The first kappa shape index (κ1) is 13.7. The third-order valence-corrected chi connectivity index (χ3v) is 4.41. The number of rotatable bonds is 7. The van der Waals surface area contributed by atoms with E-state index in [1.54, 1.807) is 0 Å². The van der Waals surface area contributed by atoms with Gasteiger partial charge in [0.1, 0.15) is 11.5 Å². The smallest absolute Gasteiger partial charge is 0.222 e. The van der Waals surface area contributed by atoms with Gasteiger partial charge in [-0.2, -0.15) is 0 Å². The van der Waals surface area contributed by atoms with E-state index in [1.165, 1.54) is 6.42 Å². The normalized spacial score (nSPS) is 25.4. The number of hydrogen-bond donors (Lipinski definition) is 1. The predicted octanol–water partition coefficient (Wildman–Crippen LogP) is 2.51. The van der Waals surface area contributed by atoms with Gasteiger partial charge in [-0.3, -0.25) is 4.79 Å². The molecule has 1 saturated heterocycles. The molecule has 1 amide bonds. The van der Waals surface area contributed by atoms with E-state index in [4.69, 9.17) is 4.42 Å². The van der Waals surface area contributed by atoms with Crippen LogP contribution in [0.25, 0.3) is 0 Å². The van der Waals surface area contributed by atoms with Crippen LogP contribution in [0, 0.1) is 5.92 Å². The van der Waals surface area contributed by atoms with Crippen molar-refractivity contribution in [1.29, 1.82) is 0 Å². The fraction of sp³-hybridized carbons (Fsp3) is 0.688. The maximum Gasteiger partial charge on any atom is 0.222 e. The molecule has 2 unspecified atom stereocenters. The van der Waals surface area contributed by atoms with Crippen LogP contribution in [0.2, 0.25) is 0 Å². The van der Waals surface area contributed by atoms with E-state index in [1.807, 2.05) is 4.90 Å². The fourth-order valence-corrected chi connectivity index (χ4v) is 2.95. The molecule has 0 spiro atoms. The molecule has 4 heteroatoms. The zero-order chi connectivity index (χ0) is 13.9. The van der Waals surface area contributed by atoms with E-state index in [0.717, 1.165) is 62.9 Å². The van der Waals surface area contributed by atoms with Crippen LogP contribution in [-0.4, -0.2) is 30.4 Å². The van der Waals surface area contributed by atoms with Gasteiger partial charge in [0.25, 0.3) is 0 Å². The number of carbonyl (C=O) groups excluding carboxylic acids is 1. The highest BCUT2D eigenvalue weighted by Gasteiger charge is 2.36. The Morgan fingerprint density at radius 3 is 3.00 bits per heavy atom. The zero-order valence-electron chi connectivity index (χ0n) is 12.2. The molecule has 110 valence electrons. The number of nitrogens with one attached hydrogen (secondary N) is 1. The Kier molecular flexibility index (Phi) is 4.10. The molecular formula is C16H24N2O2. The Balaban J connectivity index is 1.31. The molecule has 1 aliphatic heterocycles. The highest BCUT2D eigenvalue weighted by atomic mass is 16.3. The fourth-order valence-electron chi connectivity index (χ4n) is 2.95. The van der Waals surface area contributed by atoms with E-state index in [0.29, 0.717) is 11.8 Å². The summed E-state index contributed by atoms with van der Waals surface area (Å²) in [6.45, 7) is 5.81. The first-order valence-electron chi connectivity index (χ1n) is 7.81. The molecule has 2 atom stereocenters. The van der Waals surface area contributed by atoms with Crippen LogP contribution in [-0.2, 0) is 11.3 Å². The lowest BCUT2D eigenvalue weighted by atomic mass is 10.3.